The minimum atomic E-state index is -0.605. The molecule has 4 aliphatic carbocycles. The molecule has 4 atom stereocenters. The lowest BCUT2D eigenvalue weighted by molar-refractivity contribution is 0.0481. The third-order valence-corrected chi connectivity index (χ3v) is 7.82. The summed E-state index contributed by atoms with van der Waals surface area (Å²) in [5, 5.41) is 30.4. The Bertz CT molecular complexity index is 692. The molecule has 0 aliphatic heterocycles. The minimum absolute atomic E-state index is 0.232. The van der Waals surface area contributed by atoms with Crippen LogP contribution in [0.1, 0.15) is 85.0 Å². The summed E-state index contributed by atoms with van der Waals surface area (Å²) < 4.78 is 0. The van der Waals surface area contributed by atoms with Crippen LogP contribution in [0.5, 0.6) is 0 Å². The van der Waals surface area contributed by atoms with Crippen molar-refractivity contribution in [3.63, 3.8) is 0 Å². The first-order valence-electron chi connectivity index (χ1n) is 11.3. The van der Waals surface area contributed by atoms with E-state index < -0.39 is 17.8 Å². The van der Waals surface area contributed by atoms with Gasteiger partial charge >= 0.3 is 0 Å². The largest absolute Gasteiger partial charge is 0.393 e. The Kier molecular flexibility index (Phi) is 5.17. The van der Waals surface area contributed by atoms with Crippen molar-refractivity contribution in [2.75, 3.05) is 0 Å². The SMILES string of the molecule is CC(C)(O)CC1(C2=CCC3/C(=C/C=C4/CC(O)C[C@H](O)C4)CCC[C@]23C)CC1. The summed E-state index contributed by atoms with van der Waals surface area (Å²) >= 11 is 0. The fourth-order valence-corrected chi connectivity index (χ4v) is 6.69. The van der Waals surface area contributed by atoms with Crippen LogP contribution in [0, 0.1) is 16.7 Å². The van der Waals surface area contributed by atoms with Gasteiger partial charge in [0.2, 0.25) is 0 Å². The summed E-state index contributed by atoms with van der Waals surface area (Å²) in [6, 6.07) is 0. The monoisotopic (exact) mass is 386 g/mol. The number of hydrogen-bond acceptors (Lipinski definition) is 3. The van der Waals surface area contributed by atoms with Gasteiger partial charge in [-0.3, -0.25) is 0 Å². The van der Waals surface area contributed by atoms with Gasteiger partial charge in [-0.15, -0.1) is 0 Å². The molecule has 3 saturated carbocycles. The number of rotatable bonds is 4. The average Bonchev–Trinajstić information content (AvgIpc) is 3.22. The minimum Gasteiger partial charge on any atom is -0.393 e. The van der Waals surface area contributed by atoms with Gasteiger partial charge in [0.15, 0.2) is 0 Å². The standard InChI is InChI=1S/C25H38O3/c1-23(2,28)16-25(11-12-25)22-9-8-21-18(5-4-10-24(21,22)3)7-6-17-13-19(26)15-20(27)14-17/h6-7,9,19-21,26-28H,4-5,8,10-16H2,1-3H3/b17-6-,18-7+/t19?,20-,21?,24+/m1/s1. The topological polar surface area (TPSA) is 60.7 Å². The fraction of sp³-hybridized carbons (Fsp3) is 0.760. The van der Waals surface area contributed by atoms with Gasteiger partial charge in [0.25, 0.3) is 0 Å². The van der Waals surface area contributed by atoms with Gasteiger partial charge in [0, 0.05) is 0 Å². The molecular formula is C25H38O3. The highest BCUT2D eigenvalue weighted by molar-refractivity contribution is 5.39. The lowest BCUT2D eigenvalue weighted by atomic mass is 9.60. The summed E-state index contributed by atoms with van der Waals surface area (Å²) in [4.78, 5) is 0. The van der Waals surface area contributed by atoms with Crippen molar-refractivity contribution >= 4 is 0 Å². The molecule has 0 heterocycles. The lowest BCUT2D eigenvalue weighted by Gasteiger charge is -2.44. The average molecular weight is 387 g/mol. The first kappa shape index (κ1) is 20.4. The molecule has 156 valence electrons. The molecule has 4 aliphatic rings. The second-order valence-electron chi connectivity index (χ2n) is 11.0. The zero-order chi connectivity index (χ0) is 20.2. The van der Waals surface area contributed by atoms with Crippen molar-refractivity contribution in [1.82, 2.24) is 0 Å². The van der Waals surface area contributed by atoms with Crippen LogP contribution in [0.15, 0.2) is 34.9 Å². The van der Waals surface area contributed by atoms with E-state index in [-0.39, 0.29) is 10.8 Å². The highest BCUT2D eigenvalue weighted by Gasteiger charge is 2.57. The molecule has 4 rings (SSSR count). The molecule has 3 nitrogen and oxygen atoms in total. The van der Waals surface area contributed by atoms with E-state index in [1.165, 1.54) is 31.3 Å². The summed E-state index contributed by atoms with van der Waals surface area (Å²) in [6.45, 7) is 6.37. The molecule has 3 N–H and O–H groups in total. The van der Waals surface area contributed by atoms with Crippen LogP contribution >= 0.6 is 0 Å². The quantitative estimate of drug-likeness (QED) is 0.607. The van der Waals surface area contributed by atoms with Gasteiger partial charge < -0.3 is 15.3 Å². The van der Waals surface area contributed by atoms with Crippen molar-refractivity contribution in [3.8, 4) is 0 Å². The van der Waals surface area contributed by atoms with Crippen molar-refractivity contribution in [2.45, 2.75) is 103 Å². The van der Waals surface area contributed by atoms with Crippen molar-refractivity contribution < 1.29 is 15.3 Å². The number of allylic oxidation sites excluding steroid dienone is 5. The molecule has 0 aromatic rings. The normalized spacial score (nSPS) is 40.5. The van der Waals surface area contributed by atoms with Crippen molar-refractivity contribution in [3.05, 3.63) is 34.9 Å². The Morgan fingerprint density at radius 3 is 2.39 bits per heavy atom. The first-order chi connectivity index (χ1) is 13.1. The van der Waals surface area contributed by atoms with Gasteiger partial charge in [-0.05, 0) is 94.8 Å². The van der Waals surface area contributed by atoms with Gasteiger partial charge in [0.05, 0.1) is 17.8 Å². The van der Waals surface area contributed by atoms with Gasteiger partial charge in [-0.2, -0.15) is 0 Å². The highest BCUT2D eigenvalue weighted by atomic mass is 16.3. The van der Waals surface area contributed by atoms with E-state index in [2.05, 4.69) is 25.2 Å². The summed E-state index contributed by atoms with van der Waals surface area (Å²) in [5.41, 5.74) is 4.22. The molecule has 0 spiro atoms. The van der Waals surface area contributed by atoms with Crippen LogP contribution in [0.25, 0.3) is 0 Å². The van der Waals surface area contributed by atoms with Crippen molar-refractivity contribution in [1.29, 1.82) is 0 Å². The molecule has 0 radical (unpaired) electrons. The Balaban J connectivity index is 1.54. The Labute approximate surface area is 170 Å². The van der Waals surface area contributed by atoms with E-state index in [1.807, 2.05) is 13.8 Å². The fourth-order valence-electron chi connectivity index (χ4n) is 6.69. The number of hydrogen-bond donors (Lipinski definition) is 3. The summed E-state index contributed by atoms with van der Waals surface area (Å²) in [7, 11) is 0. The second kappa shape index (κ2) is 7.11. The molecule has 0 bridgehead atoms. The summed E-state index contributed by atoms with van der Waals surface area (Å²) in [6.07, 6.45) is 16.2. The summed E-state index contributed by atoms with van der Waals surface area (Å²) in [5.74, 6) is 0.575. The molecule has 28 heavy (non-hydrogen) atoms. The first-order valence-corrected chi connectivity index (χ1v) is 11.3. The molecule has 0 aromatic carbocycles. The maximum absolute atomic E-state index is 10.5. The molecule has 0 saturated heterocycles. The Morgan fingerprint density at radius 1 is 1.11 bits per heavy atom. The van der Waals surface area contributed by atoms with Gasteiger partial charge in [0.1, 0.15) is 0 Å². The highest BCUT2D eigenvalue weighted by Crippen LogP contribution is 2.68. The molecule has 0 aromatic heterocycles. The van der Waals surface area contributed by atoms with E-state index in [1.54, 1.807) is 11.1 Å². The van der Waals surface area contributed by atoms with E-state index >= 15 is 0 Å². The smallest absolute Gasteiger partial charge is 0.0602 e. The van der Waals surface area contributed by atoms with E-state index in [4.69, 9.17) is 0 Å². The Hall–Kier alpha value is -0.900. The lowest BCUT2D eigenvalue weighted by Crippen LogP contribution is -2.35. The van der Waals surface area contributed by atoms with E-state index in [0.29, 0.717) is 25.2 Å². The van der Waals surface area contributed by atoms with Gasteiger partial charge in [-0.1, -0.05) is 41.9 Å². The molecule has 3 heteroatoms. The van der Waals surface area contributed by atoms with Crippen LogP contribution in [-0.4, -0.2) is 33.1 Å². The molecule has 0 amide bonds. The maximum atomic E-state index is 10.5. The molecular weight excluding hydrogens is 348 g/mol. The predicted molar refractivity (Wildman–Crippen MR) is 113 cm³/mol. The second-order valence-corrected chi connectivity index (χ2v) is 11.0. The zero-order valence-electron chi connectivity index (χ0n) is 17.9. The van der Waals surface area contributed by atoms with Crippen LogP contribution < -0.4 is 0 Å². The van der Waals surface area contributed by atoms with Crippen LogP contribution in [0.4, 0.5) is 0 Å². The van der Waals surface area contributed by atoms with Crippen LogP contribution in [-0.2, 0) is 0 Å². The van der Waals surface area contributed by atoms with Gasteiger partial charge in [-0.25, -0.2) is 0 Å². The number of fused-ring (bicyclic) bond motifs is 1. The predicted octanol–water partition coefficient (Wildman–Crippen LogP) is 4.82. The van der Waals surface area contributed by atoms with Crippen LogP contribution in [0.3, 0.4) is 0 Å². The van der Waals surface area contributed by atoms with E-state index in [9.17, 15) is 15.3 Å². The number of aliphatic hydroxyl groups excluding tert-OH is 2. The van der Waals surface area contributed by atoms with E-state index in [0.717, 1.165) is 19.3 Å². The van der Waals surface area contributed by atoms with Crippen molar-refractivity contribution in [2.24, 2.45) is 16.7 Å². The molecule has 3 fully saturated rings. The third-order valence-electron chi connectivity index (χ3n) is 7.82. The number of aliphatic hydroxyl groups is 3. The van der Waals surface area contributed by atoms with Crippen LogP contribution in [0.2, 0.25) is 0 Å². The Morgan fingerprint density at radius 2 is 1.79 bits per heavy atom. The maximum Gasteiger partial charge on any atom is 0.0602 e. The molecule has 2 unspecified atom stereocenters. The third kappa shape index (κ3) is 3.91. The zero-order valence-corrected chi connectivity index (χ0v) is 17.9.